The van der Waals surface area contributed by atoms with Gasteiger partial charge in [0, 0.05) is 17.6 Å². The van der Waals surface area contributed by atoms with E-state index in [0.29, 0.717) is 18.4 Å². The van der Waals surface area contributed by atoms with Gasteiger partial charge in [-0.15, -0.1) is 0 Å². The number of aliphatic hydroxyl groups is 2. The average Bonchev–Trinajstić information content (AvgIpc) is 3.32. The van der Waals surface area contributed by atoms with Crippen molar-refractivity contribution in [2.75, 3.05) is 13.7 Å². The molecule has 0 unspecified atom stereocenters. The van der Waals surface area contributed by atoms with Crippen molar-refractivity contribution in [1.82, 2.24) is 4.90 Å². The molecule has 1 aromatic rings. The highest BCUT2D eigenvalue weighted by atomic mass is 16.7. The van der Waals surface area contributed by atoms with Gasteiger partial charge in [0.1, 0.15) is 18.8 Å². The van der Waals surface area contributed by atoms with Gasteiger partial charge in [0.2, 0.25) is 0 Å². The number of likely N-dealkylation sites (N-methyl/N-ethyl adjacent to an activating group) is 1. The van der Waals surface area contributed by atoms with Crippen LogP contribution in [0.1, 0.15) is 18.4 Å². The monoisotopic (exact) mass is 319 g/mol. The van der Waals surface area contributed by atoms with Crippen molar-refractivity contribution in [2.45, 2.75) is 42.9 Å². The van der Waals surface area contributed by atoms with E-state index in [4.69, 9.17) is 9.47 Å². The molecule has 6 heteroatoms. The Balaban J connectivity index is 1.47. The zero-order valence-electron chi connectivity index (χ0n) is 13.0. The number of rotatable bonds is 4. The Labute approximate surface area is 134 Å². The molecule has 5 atom stereocenters. The Morgan fingerprint density at radius 2 is 1.91 bits per heavy atom. The number of epoxide rings is 1. The van der Waals surface area contributed by atoms with Gasteiger partial charge < -0.3 is 19.7 Å². The van der Waals surface area contributed by atoms with Gasteiger partial charge in [-0.3, -0.25) is 9.69 Å². The lowest BCUT2D eigenvalue weighted by atomic mass is 9.90. The first-order valence-corrected chi connectivity index (χ1v) is 8.02. The quantitative estimate of drug-likeness (QED) is 0.470. The Morgan fingerprint density at radius 1 is 1.30 bits per heavy atom. The highest BCUT2D eigenvalue weighted by molar-refractivity contribution is 5.73. The van der Waals surface area contributed by atoms with E-state index in [1.54, 1.807) is 30.3 Å². The third-order valence-electron chi connectivity index (χ3n) is 5.46. The van der Waals surface area contributed by atoms with Gasteiger partial charge in [-0.05, 0) is 19.9 Å². The van der Waals surface area contributed by atoms with Crippen molar-refractivity contribution in [3.05, 3.63) is 35.9 Å². The SMILES string of the molecule is CN1[C@H]2CC(C(=O)O[C@@](O)(CO)c3ccccc3)C[C@H]1[C@@H]1O[C@H]12. The number of fused-ring (bicyclic) bond motifs is 5. The molecule has 3 aliphatic heterocycles. The van der Waals surface area contributed by atoms with E-state index in [1.807, 2.05) is 0 Å². The van der Waals surface area contributed by atoms with Crippen LogP contribution in [0, 0.1) is 5.92 Å². The molecule has 3 saturated heterocycles. The van der Waals surface area contributed by atoms with Crippen LogP contribution in [0.5, 0.6) is 0 Å². The molecule has 2 bridgehead atoms. The summed E-state index contributed by atoms with van der Waals surface area (Å²) < 4.78 is 11.0. The summed E-state index contributed by atoms with van der Waals surface area (Å²) in [6.45, 7) is -0.670. The van der Waals surface area contributed by atoms with Gasteiger partial charge in [-0.25, -0.2) is 0 Å². The number of ether oxygens (including phenoxy) is 2. The molecule has 0 spiro atoms. The molecule has 0 radical (unpaired) electrons. The first-order chi connectivity index (χ1) is 11.0. The third-order valence-corrected chi connectivity index (χ3v) is 5.46. The predicted molar refractivity (Wildman–Crippen MR) is 80.2 cm³/mol. The topological polar surface area (TPSA) is 82.5 Å². The number of esters is 1. The summed E-state index contributed by atoms with van der Waals surface area (Å²) in [5, 5.41) is 20.1. The number of piperidine rings is 1. The number of hydrogen-bond donors (Lipinski definition) is 2. The number of carbonyl (C=O) groups excluding carboxylic acids is 1. The van der Waals surface area contributed by atoms with Crippen molar-refractivity contribution in [3.63, 3.8) is 0 Å². The largest absolute Gasteiger partial charge is 0.426 e. The number of nitrogens with zero attached hydrogens (tertiary/aromatic N) is 1. The van der Waals surface area contributed by atoms with Crippen LogP contribution in [0.15, 0.2) is 30.3 Å². The molecular weight excluding hydrogens is 298 g/mol. The van der Waals surface area contributed by atoms with E-state index >= 15 is 0 Å². The number of carbonyl (C=O) groups is 1. The minimum absolute atomic E-state index is 0.244. The van der Waals surface area contributed by atoms with Crippen molar-refractivity contribution in [1.29, 1.82) is 0 Å². The first-order valence-electron chi connectivity index (χ1n) is 8.02. The predicted octanol–water partition coefficient (Wildman–Crippen LogP) is 0.227. The summed E-state index contributed by atoms with van der Waals surface area (Å²) in [7, 11) is 2.07. The van der Waals surface area contributed by atoms with Crippen LogP contribution in [-0.4, -0.2) is 59.0 Å². The number of aliphatic hydroxyl groups excluding tert-OH is 1. The summed E-state index contributed by atoms with van der Waals surface area (Å²) in [4.78, 5) is 14.8. The van der Waals surface area contributed by atoms with E-state index in [-0.39, 0.29) is 30.2 Å². The standard InChI is InChI=1S/C17H21NO5/c1-18-12-7-10(8-13(18)15-14(12)22-15)16(20)23-17(21,9-19)11-5-3-2-4-6-11/h2-6,10,12-15,19,21H,7-9H2,1H3/t12-,13-,14-,15-,17-/m0/s1. The molecule has 0 aliphatic carbocycles. The molecule has 3 heterocycles. The van der Waals surface area contributed by atoms with Crippen LogP contribution in [0.2, 0.25) is 0 Å². The molecule has 124 valence electrons. The maximum Gasteiger partial charge on any atom is 0.311 e. The normalized spacial score (nSPS) is 37.8. The van der Waals surface area contributed by atoms with Crippen LogP contribution >= 0.6 is 0 Å². The fourth-order valence-corrected chi connectivity index (χ4v) is 4.07. The molecule has 0 aromatic heterocycles. The summed E-state index contributed by atoms with van der Waals surface area (Å²) >= 11 is 0. The molecule has 0 saturated carbocycles. The van der Waals surface area contributed by atoms with E-state index in [1.165, 1.54) is 0 Å². The summed E-state index contributed by atoms with van der Waals surface area (Å²) in [5.41, 5.74) is 0.373. The first kappa shape index (κ1) is 15.1. The maximum atomic E-state index is 12.5. The van der Waals surface area contributed by atoms with E-state index in [2.05, 4.69) is 11.9 Å². The summed E-state index contributed by atoms with van der Waals surface area (Å²) in [5.74, 6) is -2.70. The van der Waals surface area contributed by atoms with E-state index in [0.717, 1.165) is 0 Å². The fraction of sp³-hybridized carbons (Fsp3) is 0.588. The molecular formula is C17H21NO5. The van der Waals surface area contributed by atoms with Gasteiger partial charge in [0.15, 0.2) is 0 Å². The molecule has 2 N–H and O–H groups in total. The van der Waals surface area contributed by atoms with Gasteiger partial charge in [-0.2, -0.15) is 0 Å². The minimum Gasteiger partial charge on any atom is -0.426 e. The molecule has 4 rings (SSSR count). The fourth-order valence-electron chi connectivity index (χ4n) is 4.07. The van der Waals surface area contributed by atoms with Crippen molar-refractivity contribution in [3.8, 4) is 0 Å². The molecule has 0 amide bonds. The van der Waals surface area contributed by atoms with Crippen LogP contribution in [0.4, 0.5) is 0 Å². The lowest BCUT2D eigenvalue weighted by Gasteiger charge is -2.38. The van der Waals surface area contributed by atoms with Crippen molar-refractivity contribution in [2.24, 2.45) is 5.92 Å². The van der Waals surface area contributed by atoms with Gasteiger partial charge in [-0.1, -0.05) is 30.3 Å². The molecule has 23 heavy (non-hydrogen) atoms. The highest BCUT2D eigenvalue weighted by Gasteiger charge is 2.63. The van der Waals surface area contributed by atoms with Crippen molar-refractivity contribution < 1.29 is 24.5 Å². The van der Waals surface area contributed by atoms with E-state index in [9.17, 15) is 15.0 Å². The number of hydrogen-bond acceptors (Lipinski definition) is 6. The molecule has 3 aliphatic rings. The van der Waals surface area contributed by atoms with Crippen LogP contribution in [-0.2, 0) is 20.1 Å². The lowest BCUT2D eigenvalue weighted by Crippen LogP contribution is -2.48. The Bertz CT molecular complexity index is 590. The minimum atomic E-state index is -1.99. The van der Waals surface area contributed by atoms with Crippen LogP contribution < -0.4 is 0 Å². The van der Waals surface area contributed by atoms with Crippen LogP contribution in [0.25, 0.3) is 0 Å². The molecule has 3 fully saturated rings. The summed E-state index contributed by atoms with van der Waals surface area (Å²) in [6, 6.07) is 9.00. The Kier molecular flexibility index (Phi) is 3.46. The van der Waals surface area contributed by atoms with Gasteiger partial charge >= 0.3 is 5.97 Å². The zero-order valence-corrected chi connectivity index (χ0v) is 13.0. The second-order valence-electron chi connectivity index (χ2n) is 6.76. The zero-order chi connectivity index (χ0) is 16.2. The molecule has 1 aromatic carbocycles. The average molecular weight is 319 g/mol. The second kappa shape index (κ2) is 5.27. The third kappa shape index (κ3) is 2.37. The smallest absolute Gasteiger partial charge is 0.311 e. The van der Waals surface area contributed by atoms with E-state index < -0.39 is 18.4 Å². The van der Waals surface area contributed by atoms with Gasteiger partial charge in [0.25, 0.3) is 5.79 Å². The maximum absolute atomic E-state index is 12.5. The Hall–Kier alpha value is -1.47. The highest BCUT2D eigenvalue weighted by Crippen LogP contribution is 2.49. The number of benzene rings is 1. The second-order valence-corrected chi connectivity index (χ2v) is 6.76. The Morgan fingerprint density at radius 3 is 2.48 bits per heavy atom. The molecule has 6 nitrogen and oxygen atoms in total. The lowest BCUT2D eigenvalue weighted by molar-refractivity contribution is -0.234. The van der Waals surface area contributed by atoms with Gasteiger partial charge in [0.05, 0.1) is 5.92 Å². The van der Waals surface area contributed by atoms with Crippen LogP contribution in [0.3, 0.4) is 0 Å². The number of morpholine rings is 1. The summed E-state index contributed by atoms with van der Waals surface area (Å²) in [6.07, 6.45) is 1.83. The van der Waals surface area contributed by atoms with Crippen molar-refractivity contribution >= 4 is 5.97 Å².